The third kappa shape index (κ3) is 3.17. The standard InChI is InChI=1S/C9H6Br2F5N/c10-5-1-4(2-6(11)3-5)7(17)8(12,13)9(14,15)16/h1-3,7H,17H2/t7-/m0/s1. The smallest absolute Gasteiger partial charge is 0.319 e. The van der Waals surface area contributed by atoms with Crippen LogP contribution in [0.2, 0.25) is 0 Å². The number of benzene rings is 1. The van der Waals surface area contributed by atoms with Crippen molar-refractivity contribution in [3.8, 4) is 0 Å². The minimum atomic E-state index is -5.68. The summed E-state index contributed by atoms with van der Waals surface area (Å²) in [5.41, 5.74) is 4.67. The summed E-state index contributed by atoms with van der Waals surface area (Å²) >= 11 is 5.97. The van der Waals surface area contributed by atoms with Crippen molar-refractivity contribution in [1.29, 1.82) is 0 Å². The molecule has 0 amide bonds. The van der Waals surface area contributed by atoms with E-state index >= 15 is 0 Å². The van der Waals surface area contributed by atoms with E-state index in [1.807, 2.05) is 0 Å². The lowest BCUT2D eigenvalue weighted by molar-refractivity contribution is -0.291. The minimum Gasteiger partial charge on any atom is -0.319 e. The largest absolute Gasteiger partial charge is 0.455 e. The summed E-state index contributed by atoms with van der Waals surface area (Å²) in [7, 11) is 0. The Labute approximate surface area is 110 Å². The molecular weight excluding hydrogens is 377 g/mol. The summed E-state index contributed by atoms with van der Waals surface area (Å²) in [5.74, 6) is -4.98. The van der Waals surface area contributed by atoms with Gasteiger partial charge in [-0.15, -0.1) is 0 Å². The molecule has 0 radical (unpaired) electrons. The van der Waals surface area contributed by atoms with Gasteiger partial charge in [-0.1, -0.05) is 31.9 Å². The summed E-state index contributed by atoms with van der Waals surface area (Å²) in [6, 6.07) is 1.29. The fraction of sp³-hybridized carbons (Fsp3) is 0.333. The molecule has 0 aromatic heterocycles. The van der Waals surface area contributed by atoms with Gasteiger partial charge in [-0.2, -0.15) is 22.0 Å². The Morgan fingerprint density at radius 1 is 0.941 bits per heavy atom. The first-order chi connectivity index (χ1) is 7.55. The lowest BCUT2D eigenvalue weighted by atomic mass is 10.0. The Balaban J connectivity index is 3.16. The van der Waals surface area contributed by atoms with Crippen LogP contribution in [0.5, 0.6) is 0 Å². The predicted octanol–water partition coefficient (Wildman–Crippen LogP) is 4.41. The second kappa shape index (κ2) is 4.81. The van der Waals surface area contributed by atoms with Crippen LogP contribution in [0, 0.1) is 0 Å². The molecule has 0 saturated heterocycles. The Bertz CT molecular complexity index is 398. The molecule has 1 rings (SSSR count). The highest BCUT2D eigenvalue weighted by Gasteiger charge is 2.61. The van der Waals surface area contributed by atoms with Crippen LogP contribution in [0.25, 0.3) is 0 Å². The van der Waals surface area contributed by atoms with Crippen LogP contribution >= 0.6 is 31.9 Å². The zero-order valence-electron chi connectivity index (χ0n) is 8.03. The van der Waals surface area contributed by atoms with Crippen LogP contribution < -0.4 is 5.73 Å². The van der Waals surface area contributed by atoms with E-state index in [4.69, 9.17) is 5.73 Å². The number of hydrogen-bond donors (Lipinski definition) is 1. The van der Waals surface area contributed by atoms with E-state index < -0.39 is 18.1 Å². The molecule has 1 aromatic rings. The van der Waals surface area contributed by atoms with E-state index in [1.165, 1.54) is 6.07 Å². The lowest BCUT2D eigenvalue weighted by Crippen LogP contribution is -2.45. The number of alkyl halides is 5. The van der Waals surface area contributed by atoms with Crippen molar-refractivity contribution in [3.05, 3.63) is 32.7 Å². The van der Waals surface area contributed by atoms with Crippen LogP contribution in [0.3, 0.4) is 0 Å². The van der Waals surface area contributed by atoms with E-state index in [0.717, 1.165) is 12.1 Å². The molecular formula is C9H6Br2F5N. The van der Waals surface area contributed by atoms with Crippen LogP contribution in [0.1, 0.15) is 11.6 Å². The fourth-order valence-electron chi connectivity index (χ4n) is 1.14. The van der Waals surface area contributed by atoms with Crippen molar-refractivity contribution in [1.82, 2.24) is 0 Å². The maximum atomic E-state index is 13.0. The second-order valence-corrected chi connectivity index (χ2v) is 5.13. The van der Waals surface area contributed by atoms with Gasteiger partial charge in [0.2, 0.25) is 0 Å². The zero-order valence-corrected chi connectivity index (χ0v) is 11.2. The van der Waals surface area contributed by atoms with Gasteiger partial charge < -0.3 is 5.73 Å². The van der Waals surface area contributed by atoms with Gasteiger partial charge in [0.1, 0.15) is 6.04 Å². The highest BCUT2D eigenvalue weighted by molar-refractivity contribution is 9.11. The molecule has 0 aliphatic heterocycles. The van der Waals surface area contributed by atoms with Crippen LogP contribution in [0.15, 0.2) is 27.1 Å². The van der Waals surface area contributed by atoms with Gasteiger partial charge in [0.15, 0.2) is 0 Å². The quantitative estimate of drug-likeness (QED) is 0.753. The van der Waals surface area contributed by atoms with Crippen molar-refractivity contribution in [2.75, 3.05) is 0 Å². The Morgan fingerprint density at radius 3 is 1.71 bits per heavy atom. The van der Waals surface area contributed by atoms with E-state index in [-0.39, 0.29) is 5.56 Å². The molecule has 0 aliphatic rings. The predicted molar refractivity (Wildman–Crippen MR) is 59.8 cm³/mol. The highest BCUT2D eigenvalue weighted by Crippen LogP contribution is 2.43. The summed E-state index contributed by atoms with van der Waals surface area (Å²) in [5, 5.41) is 0. The van der Waals surface area contributed by atoms with Crippen molar-refractivity contribution in [2.45, 2.75) is 18.1 Å². The lowest BCUT2D eigenvalue weighted by Gasteiger charge is -2.26. The molecule has 0 heterocycles. The molecule has 1 atom stereocenters. The average Bonchev–Trinajstić information content (AvgIpc) is 2.13. The summed E-state index contributed by atoms with van der Waals surface area (Å²) < 4.78 is 63.1. The van der Waals surface area contributed by atoms with Crippen LogP contribution in [-0.4, -0.2) is 12.1 Å². The maximum Gasteiger partial charge on any atom is 0.455 e. The Morgan fingerprint density at radius 2 is 1.35 bits per heavy atom. The molecule has 2 N–H and O–H groups in total. The molecule has 0 aliphatic carbocycles. The van der Waals surface area contributed by atoms with Crippen LogP contribution in [-0.2, 0) is 0 Å². The molecule has 17 heavy (non-hydrogen) atoms. The topological polar surface area (TPSA) is 26.0 Å². The van der Waals surface area contributed by atoms with Crippen molar-refractivity contribution in [2.24, 2.45) is 5.73 Å². The molecule has 0 bridgehead atoms. The fourth-order valence-corrected chi connectivity index (χ4v) is 2.47. The van der Waals surface area contributed by atoms with Gasteiger partial charge in [0, 0.05) is 8.95 Å². The van der Waals surface area contributed by atoms with E-state index in [9.17, 15) is 22.0 Å². The van der Waals surface area contributed by atoms with Gasteiger partial charge in [0.25, 0.3) is 0 Å². The molecule has 0 saturated carbocycles. The van der Waals surface area contributed by atoms with Crippen LogP contribution in [0.4, 0.5) is 22.0 Å². The van der Waals surface area contributed by atoms with Gasteiger partial charge >= 0.3 is 12.1 Å². The van der Waals surface area contributed by atoms with E-state index in [0.29, 0.717) is 8.95 Å². The van der Waals surface area contributed by atoms with Crippen molar-refractivity contribution >= 4 is 31.9 Å². The van der Waals surface area contributed by atoms with Gasteiger partial charge in [-0.3, -0.25) is 0 Å². The van der Waals surface area contributed by atoms with E-state index in [1.54, 1.807) is 0 Å². The Hall–Kier alpha value is -0.210. The van der Waals surface area contributed by atoms with Gasteiger partial charge in [-0.25, -0.2) is 0 Å². The monoisotopic (exact) mass is 381 g/mol. The molecule has 1 nitrogen and oxygen atoms in total. The Kier molecular flexibility index (Phi) is 4.20. The number of halogens is 7. The summed E-state index contributed by atoms with van der Waals surface area (Å²) in [4.78, 5) is 0. The first-order valence-corrected chi connectivity index (χ1v) is 5.80. The molecule has 0 unspecified atom stereocenters. The van der Waals surface area contributed by atoms with Crippen molar-refractivity contribution in [3.63, 3.8) is 0 Å². The average molecular weight is 383 g/mol. The van der Waals surface area contributed by atoms with Crippen molar-refractivity contribution < 1.29 is 22.0 Å². The summed E-state index contributed by atoms with van der Waals surface area (Å²) in [6.07, 6.45) is -5.68. The number of nitrogens with two attached hydrogens (primary N) is 1. The zero-order chi connectivity index (χ0) is 13.4. The first kappa shape index (κ1) is 14.8. The molecule has 0 fully saturated rings. The van der Waals surface area contributed by atoms with Gasteiger partial charge in [-0.05, 0) is 23.8 Å². The molecule has 1 aromatic carbocycles. The maximum absolute atomic E-state index is 13.0. The molecule has 0 spiro atoms. The SMILES string of the molecule is N[C@@H](c1cc(Br)cc(Br)c1)C(F)(F)C(F)(F)F. The molecule has 8 heteroatoms. The molecule has 96 valence electrons. The summed E-state index contributed by atoms with van der Waals surface area (Å²) in [6.45, 7) is 0. The highest BCUT2D eigenvalue weighted by atomic mass is 79.9. The third-order valence-corrected chi connectivity index (χ3v) is 2.93. The van der Waals surface area contributed by atoms with Gasteiger partial charge in [0.05, 0.1) is 0 Å². The number of hydrogen-bond acceptors (Lipinski definition) is 1. The normalized spacial score (nSPS) is 14.8. The third-order valence-electron chi connectivity index (χ3n) is 2.01. The second-order valence-electron chi connectivity index (χ2n) is 3.30. The first-order valence-electron chi connectivity index (χ1n) is 4.22. The van der Waals surface area contributed by atoms with E-state index in [2.05, 4.69) is 31.9 Å². The number of rotatable bonds is 2. The minimum absolute atomic E-state index is 0.312.